The van der Waals surface area contributed by atoms with Crippen molar-refractivity contribution in [2.24, 2.45) is 0 Å². The van der Waals surface area contributed by atoms with Gasteiger partial charge in [-0.15, -0.1) is 0 Å². The zero-order valence-corrected chi connectivity index (χ0v) is 12.1. The van der Waals surface area contributed by atoms with Gasteiger partial charge in [-0.3, -0.25) is 10.1 Å². The Bertz CT molecular complexity index is 641. The van der Waals surface area contributed by atoms with E-state index in [0.717, 1.165) is 5.56 Å². The minimum atomic E-state index is -0.664. The monoisotopic (exact) mass is 300 g/mol. The largest absolute Gasteiger partial charge is 0.464 e. The van der Waals surface area contributed by atoms with Gasteiger partial charge >= 0.3 is 5.97 Å². The summed E-state index contributed by atoms with van der Waals surface area (Å²) in [5.74, 6) is -0.396. The van der Waals surface area contributed by atoms with Gasteiger partial charge < -0.3 is 10.1 Å². The summed E-state index contributed by atoms with van der Waals surface area (Å²) in [4.78, 5) is 22.3. The number of ether oxygens (including phenoxy) is 1. The Kier molecular flexibility index (Phi) is 5.08. The lowest BCUT2D eigenvalue weighted by Crippen LogP contribution is -2.23. The van der Waals surface area contributed by atoms with Gasteiger partial charge in [0.25, 0.3) is 5.69 Å². The van der Waals surface area contributed by atoms with E-state index in [2.05, 4.69) is 5.32 Å². The first-order valence-corrected chi connectivity index (χ1v) is 6.84. The molecular formula is C16H16N2O4. The molecule has 0 aliphatic carbocycles. The highest BCUT2D eigenvalue weighted by molar-refractivity contribution is 5.81. The van der Waals surface area contributed by atoms with Gasteiger partial charge in [0, 0.05) is 17.8 Å². The highest BCUT2D eigenvalue weighted by Crippen LogP contribution is 2.23. The molecule has 6 nitrogen and oxygen atoms in total. The maximum Gasteiger partial charge on any atom is 0.333 e. The quantitative estimate of drug-likeness (QED) is 0.503. The van der Waals surface area contributed by atoms with E-state index in [1.165, 1.54) is 12.1 Å². The molecule has 0 fully saturated rings. The van der Waals surface area contributed by atoms with Gasteiger partial charge in [0.05, 0.1) is 11.5 Å². The van der Waals surface area contributed by atoms with E-state index in [9.17, 15) is 14.9 Å². The fourth-order valence-corrected chi connectivity index (χ4v) is 2.00. The fraction of sp³-hybridized carbons (Fsp3) is 0.188. The summed E-state index contributed by atoms with van der Waals surface area (Å²) in [5.41, 5.74) is 1.37. The molecule has 0 saturated carbocycles. The van der Waals surface area contributed by atoms with E-state index in [0.29, 0.717) is 5.69 Å². The molecule has 1 unspecified atom stereocenters. The summed E-state index contributed by atoms with van der Waals surface area (Å²) in [6.45, 7) is 2.02. The van der Waals surface area contributed by atoms with Crippen molar-refractivity contribution in [3.05, 3.63) is 70.3 Å². The number of hydrogen-bond donors (Lipinski definition) is 1. The number of nitrogens with zero attached hydrogens (tertiary/aromatic N) is 1. The predicted octanol–water partition coefficient (Wildman–Crippen LogP) is 3.31. The minimum absolute atomic E-state index is 0.00190. The Morgan fingerprint density at radius 3 is 2.36 bits per heavy atom. The molecule has 0 amide bonds. The molecule has 0 spiro atoms. The second-order valence-corrected chi connectivity index (χ2v) is 4.54. The van der Waals surface area contributed by atoms with Crippen LogP contribution in [0.4, 0.5) is 11.4 Å². The predicted molar refractivity (Wildman–Crippen MR) is 82.5 cm³/mol. The molecule has 0 aromatic heterocycles. The summed E-state index contributed by atoms with van der Waals surface area (Å²) >= 11 is 0. The van der Waals surface area contributed by atoms with Gasteiger partial charge in [-0.2, -0.15) is 0 Å². The minimum Gasteiger partial charge on any atom is -0.464 e. The van der Waals surface area contributed by atoms with Crippen molar-refractivity contribution in [1.82, 2.24) is 0 Å². The SMILES string of the molecule is CCOC(=O)C(Nc1ccc([N+](=O)[O-])cc1)c1ccccc1. The van der Waals surface area contributed by atoms with Crippen molar-refractivity contribution >= 4 is 17.3 Å². The number of non-ortho nitro benzene ring substituents is 1. The number of carbonyl (C=O) groups excluding carboxylic acids is 1. The molecule has 1 atom stereocenters. The molecule has 6 heteroatoms. The van der Waals surface area contributed by atoms with Crippen LogP contribution >= 0.6 is 0 Å². The highest BCUT2D eigenvalue weighted by Gasteiger charge is 2.21. The van der Waals surface area contributed by atoms with Crippen molar-refractivity contribution in [1.29, 1.82) is 0 Å². The molecule has 0 heterocycles. The molecule has 2 aromatic rings. The van der Waals surface area contributed by atoms with Crippen LogP contribution in [0.15, 0.2) is 54.6 Å². The number of carbonyl (C=O) groups is 1. The van der Waals surface area contributed by atoms with Crippen LogP contribution in [-0.2, 0) is 9.53 Å². The molecule has 0 aliphatic heterocycles. The second kappa shape index (κ2) is 7.21. The maximum atomic E-state index is 12.1. The third kappa shape index (κ3) is 3.82. The van der Waals surface area contributed by atoms with Crippen LogP contribution < -0.4 is 5.32 Å². The molecule has 0 saturated heterocycles. The zero-order valence-electron chi connectivity index (χ0n) is 12.1. The number of benzene rings is 2. The molecule has 0 aliphatic rings. The number of hydrogen-bond acceptors (Lipinski definition) is 5. The van der Waals surface area contributed by atoms with E-state index in [1.54, 1.807) is 19.1 Å². The smallest absolute Gasteiger partial charge is 0.333 e. The summed E-state index contributed by atoms with van der Waals surface area (Å²) in [7, 11) is 0. The first-order chi connectivity index (χ1) is 10.6. The van der Waals surface area contributed by atoms with Crippen LogP contribution in [0.1, 0.15) is 18.5 Å². The lowest BCUT2D eigenvalue weighted by atomic mass is 10.1. The summed E-state index contributed by atoms with van der Waals surface area (Å²) in [5, 5.41) is 13.7. The van der Waals surface area contributed by atoms with Gasteiger partial charge in [-0.05, 0) is 24.6 Å². The molecule has 22 heavy (non-hydrogen) atoms. The Morgan fingerprint density at radius 1 is 1.18 bits per heavy atom. The van der Waals surface area contributed by atoms with E-state index < -0.39 is 16.9 Å². The average Bonchev–Trinajstić information content (AvgIpc) is 2.54. The topological polar surface area (TPSA) is 81.5 Å². The van der Waals surface area contributed by atoms with Crippen molar-refractivity contribution < 1.29 is 14.5 Å². The zero-order chi connectivity index (χ0) is 15.9. The first kappa shape index (κ1) is 15.5. The van der Waals surface area contributed by atoms with Crippen LogP contribution in [-0.4, -0.2) is 17.5 Å². The normalized spacial score (nSPS) is 11.5. The molecule has 0 bridgehead atoms. The third-order valence-electron chi connectivity index (χ3n) is 3.04. The van der Waals surface area contributed by atoms with Crippen LogP contribution in [0.2, 0.25) is 0 Å². The molecule has 114 valence electrons. The van der Waals surface area contributed by atoms with Gasteiger partial charge in [-0.1, -0.05) is 30.3 Å². The standard InChI is InChI=1S/C16H16N2O4/c1-2-22-16(19)15(12-6-4-3-5-7-12)17-13-8-10-14(11-9-13)18(20)21/h3-11,15,17H,2H2,1H3. The number of rotatable bonds is 6. The van der Waals surface area contributed by atoms with Crippen molar-refractivity contribution in [2.75, 3.05) is 11.9 Å². The van der Waals surface area contributed by atoms with Crippen LogP contribution in [0, 0.1) is 10.1 Å². The molecule has 2 rings (SSSR count). The van der Waals surface area contributed by atoms with Gasteiger partial charge in [0.15, 0.2) is 6.04 Å². The van der Waals surface area contributed by atoms with Crippen LogP contribution in [0.5, 0.6) is 0 Å². The molecule has 2 aromatic carbocycles. The number of nitro benzene ring substituents is 1. The van der Waals surface area contributed by atoms with E-state index in [1.807, 2.05) is 30.3 Å². The molecule has 1 N–H and O–H groups in total. The number of nitrogens with one attached hydrogen (secondary N) is 1. The highest BCUT2D eigenvalue weighted by atomic mass is 16.6. The number of anilines is 1. The molecular weight excluding hydrogens is 284 g/mol. The Labute approximate surface area is 127 Å². The summed E-state index contributed by atoms with van der Waals surface area (Å²) in [6, 6.07) is 14.4. The number of esters is 1. The van der Waals surface area contributed by atoms with Crippen LogP contribution in [0.25, 0.3) is 0 Å². The number of nitro groups is 1. The fourth-order valence-electron chi connectivity index (χ4n) is 2.00. The van der Waals surface area contributed by atoms with Crippen molar-refractivity contribution in [3.63, 3.8) is 0 Å². The Hall–Kier alpha value is -2.89. The maximum absolute atomic E-state index is 12.1. The molecule has 0 radical (unpaired) electrons. The Morgan fingerprint density at radius 2 is 1.82 bits per heavy atom. The van der Waals surface area contributed by atoms with E-state index >= 15 is 0 Å². The Balaban J connectivity index is 2.22. The lowest BCUT2D eigenvalue weighted by molar-refractivity contribution is -0.384. The van der Waals surface area contributed by atoms with Gasteiger partial charge in [0.1, 0.15) is 0 Å². The average molecular weight is 300 g/mol. The van der Waals surface area contributed by atoms with Crippen molar-refractivity contribution in [3.8, 4) is 0 Å². The van der Waals surface area contributed by atoms with Crippen molar-refractivity contribution in [2.45, 2.75) is 13.0 Å². The van der Waals surface area contributed by atoms with Gasteiger partial charge in [0.2, 0.25) is 0 Å². The van der Waals surface area contributed by atoms with E-state index in [-0.39, 0.29) is 12.3 Å². The third-order valence-corrected chi connectivity index (χ3v) is 3.04. The first-order valence-electron chi connectivity index (χ1n) is 6.84. The van der Waals surface area contributed by atoms with Gasteiger partial charge in [-0.25, -0.2) is 4.79 Å². The lowest BCUT2D eigenvalue weighted by Gasteiger charge is -2.18. The second-order valence-electron chi connectivity index (χ2n) is 4.54. The van der Waals surface area contributed by atoms with Crippen LogP contribution in [0.3, 0.4) is 0 Å². The summed E-state index contributed by atoms with van der Waals surface area (Å²) in [6.07, 6.45) is 0. The summed E-state index contributed by atoms with van der Waals surface area (Å²) < 4.78 is 5.08. The van der Waals surface area contributed by atoms with E-state index in [4.69, 9.17) is 4.74 Å².